The lowest BCUT2D eigenvalue weighted by molar-refractivity contribution is 0.630. The molecule has 1 aliphatic heterocycles. The summed E-state index contributed by atoms with van der Waals surface area (Å²) in [4.78, 5) is 0.727. The summed E-state index contributed by atoms with van der Waals surface area (Å²) in [7, 11) is 1.90. The lowest BCUT2D eigenvalue weighted by atomic mass is 9.72. The van der Waals surface area contributed by atoms with Crippen molar-refractivity contribution >= 4 is 35.6 Å². The maximum atomic E-state index is 13.6. The van der Waals surface area contributed by atoms with E-state index in [4.69, 9.17) is 12.2 Å². The molecule has 1 heterocycles. The van der Waals surface area contributed by atoms with E-state index in [1.165, 1.54) is 6.07 Å². The smallest absolute Gasteiger partial charge is 0.148 e. The molecular formula is C10H10BFNS. The highest BCUT2D eigenvalue weighted by Gasteiger charge is 2.16. The van der Waals surface area contributed by atoms with Crippen LogP contribution < -0.4 is 10.8 Å². The lowest BCUT2D eigenvalue weighted by Gasteiger charge is -2.20. The highest BCUT2D eigenvalue weighted by molar-refractivity contribution is 7.80. The summed E-state index contributed by atoms with van der Waals surface area (Å²) in [6.45, 7) is 1.90. The van der Waals surface area contributed by atoms with Crippen molar-refractivity contribution in [2.75, 3.05) is 5.32 Å². The fourth-order valence-corrected chi connectivity index (χ4v) is 1.84. The summed E-state index contributed by atoms with van der Waals surface area (Å²) >= 11 is 5.02. The molecule has 0 saturated carbocycles. The van der Waals surface area contributed by atoms with E-state index in [9.17, 15) is 4.39 Å². The molecule has 0 aromatic heterocycles. The Morgan fingerprint density at radius 3 is 2.93 bits per heavy atom. The molecule has 0 aliphatic carbocycles. The Kier molecular flexibility index (Phi) is 2.55. The van der Waals surface area contributed by atoms with Gasteiger partial charge < -0.3 is 5.32 Å². The molecule has 0 spiro atoms. The van der Waals surface area contributed by atoms with Crippen molar-refractivity contribution in [3.63, 3.8) is 0 Å². The Bertz CT molecular complexity index is 392. The standard InChI is InChI=1S/C10H10BFNS/c1-11-7-4-6-2-3-9(14)13-10(6)8(12)5-7/h4-5H,2-3H2,1H3,(H,13,14). The zero-order valence-corrected chi connectivity index (χ0v) is 8.75. The minimum absolute atomic E-state index is 0.211. The molecule has 1 nitrogen and oxygen atoms in total. The van der Waals surface area contributed by atoms with E-state index in [1.807, 2.05) is 20.2 Å². The summed E-state index contributed by atoms with van der Waals surface area (Å²) in [5.74, 6) is -0.211. The highest BCUT2D eigenvalue weighted by atomic mass is 32.1. The van der Waals surface area contributed by atoms with Crippen LogP contribution >= 0.6 is 12.2 Å². The van der Waals surface area contributed by atoms with Gasteiger partial charge in [-0.1, -0.05) is 30.6 Å². The second kappa shape index (κ2) is 3.69. The average molecular weight is 206 g/mol. The van der Waals surface area contributed by atoms with Crippen LogP contribution in [0.1, 0.15) is 12.0 Å². The molecule has 2 rings (SSSR count). The summed E-state index contributed by atoms with van der Waals surface area (Å²) in [6.07, 6.45) is 1.65. The van der Waals surface area contributed by atoms with E-state index < -0.39 is 0 Å². The molecule has 4 heteroatoms. The molecule has 1 radical (unpaired) electrons. The van der Waals surface area contributed by atoms with Crippen LogP contribution in [0.4, 0.5) is 10.1 Å². The third kappa shape index (κ3) is 1.66. The van der Waals surface area contributed by atoms with E-state index in [1.54, 1.807) is 0 Å². The van der Waals surface area contributed by atoms with Crippen LogP contribution in [-0.4, -0.2) is 12.3 Å². The first-order valence-electron chi connectivity index (χ1n) is 4.62. The summed E-state index contributed by atoms with van der Waals surface area (Å²) in [5.41, 5.74) is 2.51. The molecule has 1 N–H and O–H groups in total. The second-order valence-electron chi connectivity index (χ2n) is 3.37. The van der Waals surface area contributed by atoms with Gasteiger partial charge in [0.1, 0.15) is 13.1 Å². The summed E-state index contributed by atoms with van der Waals surface area (Å²) in [5, 5.41) is 2.92. The Morgan fingerprint density at radius 2 is 2.21 bits per heavy atom. The van der Waals surface area contributed by atoms with Crippen LogP contribution in [0.2, 0.25) is 6.82 Å². The van der Waals surface area contributed by atoms with Gasteiger partial charge in [-0.05, 0) is 18.1 Å². The van der Waals surface area contributed by atoms with Crippen LogP contribution in [0.25, 0.3) is 0 Å². The van der Waals surface area contributed by atoms with Gasteiger partial charge >= 0.3 is 0 Å². The van der Waals surface area contributed by atoms with Crippen molar-refractivity contribution in [2.24, 2.45) is 0 Å². The van der Waals surface area contributed by atoms with E-state index in [2.05, 4.69) is 5.32 Å². The van der Waals surface area contributed by atoms with Gasteiger partial charge in [-0.3, -0.25) is 0 Å². The predicted octanol–water partition coefficient (Wildman–Crippen LogP) is 1.89. The van der Waals surface area contributed by atoms with Crippen LogP contribution in [0, 0.1) is 5.82 Å². The van der Waals surface area contributed by atoms with Gasteiger partial charge in [0.05, 0.1) is 10.7 Å². The van der Waals surface area contributed by atoms with Crippen molar-refractivity contribution in [3.05, 3.63) is 23.5 Å². The number of anilines is 1. The van der Waals surface area contributed by atoms with E-state index in [0.29, 0.717) is 5.69 Å². The first kappa shape index (κ1) is 9.65. The topological polar surface area (TPSA) is 12.0 Å². The monoisotopic (exact) mass is 206 g/mol. The third-order valence-corrected chi connectivity index (χ3v) is 2.72. The molecule has 0 unspecified atom stereocenters. The number of nitrogens with one attached hydrogen (secondary N) is 1. The molecule has 0 atom stereocenters. The fourth-order valence-electron chi connectivity index (χ4n) is 1.64. The minimum Gasteiger partial charge on any atom is -0.347 e. The van der Waals surface area contributed by atoms with E-state index in [0.717, 1.165) is 28.9 Å². The van der Waals surface area contributed by atoms with Crippen molar-refractivity contribution in [1.29, 1.82) is 0 Å². The predicted molar refractivity (Wildman–Crippen MR) is 62.2 cm³/mol. The maximum absolute atomic E-state index is 13.6. The Balaban J connectivity index is 2.48. The molecule has 1 aromatic rings. The van der Waals surface area contributed by atoms with Gasteiger partial charge in [-0.15, -0.1) is 0 Å². The Morgan fingerprint density at radius 1 is 1.43 bits per heavy atom. The van der Waals surface area contributed by atoms with Crippen molar-refractivity contribution in [1.82, 2.24) is 0 Å². The molecular weight excluding hydrogens is 196 g/mol. The van der Waals surface area contributed by atoms with Gasteiger partial charge in [-0.2, -0.15) is 0 Å². The molecule has 0 bridgehead atoms. The first-order valence-corrected chi connectivity index (χ1v) is 5.03. The Hall–Kier alpha value is -0.895. The van der Waals surface area contributed by atoms with Crippen molar-refractivity contribution in [2.45, 2.75) is 19.7 Å². The normalized spacial score (nSPS) is 14.6. The van der Waals surface area contributed by atoms with Crippen molar-refractivity contribution in [3.8, 4) is 0 Å². The molecule has 0 saturated heterocycles. The van der Waals surface area contributed by atoms with Gasteiger partial charge in [0, 0.05) is 6.42 Å². The minimum atomic E-state index is -0.211. The number of halogens is 1. The fraction of sp³-hybridized carbons (Fsp3) is 0.300. The van der Waals surface area contributed by atoms with Gasteiger partial charge in [0.15, 0.2) is 0 Å². The van der Waals surface area contributed by atoms with E-state index in [-0.39, 0.29) is 5.82 Å². The second-order valence-corrected chi connectivity index (χ2v) is 3.87. The molecule has 0 fully saturated rings. The number of thiocarbonyl (C=S) groups is 1. The zero-order valence-electron chi connectivity index (χ0n) is 7.93. The van der Waals surface area contributed by atoms with Crippen LogP contribution in [0.15, 0.2) is 12.1 Å². The molecule has 14 heavy (non-hydrogen) atoms. The average Bonchev–Trinajstić information content (AvgIpc) is 2.19. The third-order valence-electron chi connectivity index (χ3n) is 2.41. The quantitative estimate of drug-likeness (QED) is 0.556. The number of hydrogen-bond donors (Lipinski definition) is 1. The molecule has 0 amide bonds. The SMILES string of the molecule is C[B]c1cc(F)c2c(c1)CCC(=S)N2. The maximum Gasteiger partial charge on any atom is 0.148 e. The number of rotatable bonds is 1. The number of benzene rings is 1. The van der Waals surface area contributed by atoms with Crippen LogP contribution in [0.5, 0.6) is 0 Å². The molecule has 1 aliphatic rings. The number of fused-ring (bicyclic) bond motifs is 1. The van der Waals surface area contributed by atoms with E-state index >= 15 is 0 Å². The number of hydrogen-bond acceptors (Lipinski definition) is 1. The zero-order chi connectivity index (χ0) is 10.1. The van der Waals surface area contributed by atoms with Gasteiger partial charge in [0.25, 0.3) is 0 Å². The highest BCUT2D eigenvalue weighted by Crippen LogP contribution is 2.24. The van der Waals surface area contributed by atoms with Crippen molar-refractivity contribution < 1.29 is 4.39 Å². The summed E-state index contributed by atoms with van der Waals surface area (Å²) in [6, 6.07) is 3.53. The van der Waals surface area contributed by atoms with Gasteiger partial charge in [0.2, 0.25) is 0 Å². The van der Waals surface area contributed by atoms with Gasteiger partial charge in [-0.25, -0.2) is 4.39 Å². The Labute approximate surface area is 88.9 Å². The largest absolute Gasteiger partial charge is 0.347 e. The van der Waals surface area contributed by atoms with Crippen LogP contribution in [-0.2, 0) is 6.42 Å². The number of aryl methyl sites for hydroxylation is 1. The summed E-state index contributed by atoms with van der Waals surface area (Å²) < 4.78 is 13.6. The van der Waals surface area contributed by atoms with Crippen LogP contribution in [0.3, 0.4) is 0 Å². The molecule has 71 valence electrons. The lowest BCUT2D eigenvalue weighted by Crippen LogP contribution is -2.22. The first-order chi connectivity index (χ1) is 6.70. The molecule has 1 aromatic carbocycles.